The monoisotopic (exact) mass is 410 g/mol. The fourth-order valence-corrected chi connectivity index (χ4v) is 3.93. The normalized spacial score (nSPS) is 19.0. The molecule has 2 atom stereocenters. The van der Waals surface area contributed by atoms with Crippen LogP contribution in [-0.4, -0.2) is 39.4 Å². The lowest BCUT2D eigenvalue weighted by atomic mass is 9.91. The van der Waals surface area contributed by atoms with Crippen LogP contribution in [0.15, 0.2) is 36.4 Å². The van der Waals surface area contributed by atoms with Crippen LogP contribution in [0.4, 0.5) is 9.18 Å². The third kappa shape index (κ3) is 4.04. The number of aromatic hydroxyl groups is 1. The number of carbonyl (C=O) groups is 1. The van der Waals surface area contributed by atoms with Crippen LogP contribution >= 0.6 is 0 Å². The second-order valence-corrected chi connectivity index (χ2v) is 7.68. The summed E-state index contributed by atoms with van der Waals surface area (Å²) in [6.07, 6.45) is 0.563. The maximum Gasteiger partial charge on any atom is 0.404 e. The molecule has 8 heteroatoms. The molecule has 156 valence electrons. The molecule has 7 nitrogen and oxygen atoms in total. The Hall–Kier alpha value is -3.26. The van der Waals surface area contributed by atoms with E-state index in [0.717, 1.165) is 29.5 Å². The van der Waals surface area contributed by atoms with Crippen LogP contribution in [0.5, 0.6) is 5.75 Å². The van der Waals surface area contributed by atoms with Crippen molar-refractivity contribution in [1.82, 2.24) is 20.6 Å². The highest BCUT2D eigenvalue weighted by molar-refractivity contribution is 5.84. The summed E-state index contributed by atoms with van der Waals surface area (Å²) in [4.78, 5) is 19.9. The van der Waals surface area contributed by atoms with Crippen molar-refractivity contribution in [2.24, 2.45) is 5.92 Å². The summed E-state index contributed by atoms with van der Waals surface area (Å²) in [6, 6.07) is 9.92. The van der Waals surface area contributed by atoms with Crippen LogP contribution in [0.1, 0.15) is 30.1 Å². The third-order valence-corrected chi connectivity index (χ3v) is 5.49. The number of amides is 1. The zero-order valence-corrected chi connectivity index (χ0v) is 16.5. The standard InChI is InChI=1S/C22H23FN4O3/c1-12-5-7-14-17(9-12)26-21(19-15(23)3-2-4-18(19)28)27-20(14)16-8-6-13(10-24-16)11-25-22(29)30/h2-5,7,9,13,16,24-25,28H,6,8,10-11H2,1H3,(H,29,30). The van der Waals surface area contributed by atoms with Crippen molar-refractivity contribution >= 4 is 17.0 Å². The fraction of sp³-hybridized carbons (Fsp3) is 0.318. The van der Waals surface area contributed by atoms with Crippen molar-refractivity contribution < 1.29 is 19.4 Å². The quantitative estimate of drug-likeness (QED) is 0.522. The molecular formula is C22H23FN4O3. The number of nitrogens with zero attached hydrogens (tertiary/aromatic N) is 2. The van der Waals surface area contributed by atoms with Crippen molar-refractivity contribution in [1.29, 1.82) is 0 Å². The number of rotatable bonds is 4. The minimum atomic E-state index is -1.02. The van der Waals surface area contributed by atoms with Crippen LogP contribution in [0.25, 0.3) is 22.3 Å². The second-order valence-electron chi connectivity index (χ2n) is 7.68. The Bertz CT molecular complexity index is 1080. The molecule has 2 unspecified atom stereocenters. The van der Waals surface area contributed by atoms with Gasteiger partial charge in [-0.05, 0) is 49.4 Å². The van der Waals surface area contributed by atoms with Crippen LogP contribution in [0.2, 0.25) is 0 Å². The maximum absolute atomic E-state index is 14.5. The minimum Gasteiger partial charge on any atom is -0.507 e. The van der Waals surface area contributed by atoms with Crippen molar-refractivity contribution in [3.05, 3.63) is 53.5 Å². The summed E-state index contributed by atoms with van der Waals surface area (Å²) in [5.41, 5.74) is 2.45. The maximum atomic E-state index is 14.5. The molecule has 2 heterocycles. The van der Waals surface area contributed by atoms with Gasteiger partial charge in [0.15, 0.2) is 5.82 Å². The van der Waals surface area contributed by atoms with Crippen LogP contribution in [-0.2, 0) is 0 Å². The lowest BCUT2D eigenvalue weighted by molar-refractivity contribution is 0.190. The average molecular weight is 410 g/mol. The first-order valence-electron chi connectivity index (χ1n) is 9.88. The summed E-state index contributed by atoms with van der Waals surface area (Å²) >= 11 is 0. The van der Waals surface area contributed by atoms with Crippen molar-refractivity contribution in [3.63, 3.8) is 0 Å². The number of aryl methyl sites for hydroxylation is 1. The number of nitrogens with one attached hydrogen (secondary N) is 2. The van der Waals surface area contributed by atoms with Crippen molar-refractivity contribution in [2.45, 2.75) is 25.8 Å². The average Bonchev–Trinajstić information content (AvgIpc) is 2.71. The van der Waals surface area contributed by atoms with E-state index >= 15 is 0 Å². The van der Waals surface area contributed by atoms with Gasteiger partial charge in [0.05, 0.1) is 22.8 Å². The number of halogens is 1. The lowest BCUT2D eigenvalue weighted by Crippen LogP contribution is -2.39. The Morgan fingerprint density at radius 1 is 1.27 bits per heavy atom. The van der Waals surface area contributed by atoms with Gasteiger partial charge >= 0.3 is 6.09 Å². The van der Waals surface area contributed by atoms with Crippen molar-refractivity contribution in [3.8, 4) is 17.1 Å². The molecule has 1 saturated heterocycles. The number of fused-ring (bicyclic) bond motifs is 1. The molecule has 1 amide bonds. The number of hydrogen-bond acceptors (Lipinski definition) is 5. The molecule has 30 heavy (non-hydrogen) atoms. The van der Waals surface area contributed by atoms with Gasteiger partial charge in [-0.3, -0.25) is 0 Å². The predicted octanol–water partition coefficient (Wildman–Crippen LogP) is 3.76. The zero-order chi connectivity index (χ0) is 21.3. The van der Waals surface area contributed by atoms with Gasteiger partial charge in [-0.15, -0.1) is 0 Å². The van der Waals surface area contributed by atoms with E-state index < -0.39 is 11.9 Å². The fourth-order valence-electron chi connectivity index (χ4n) is 3.93. The number of hydrogen-bond donors (Lipinski definition) is 4. The Labute approximate surface area is 173 Å². The summed E-state index contributed by atoms with van der Waals surface area (Å²) in [6.45, 7) is 3.00. The van der Waals surface area contributed by atoms with Gasteiger partial charge in [-0.25, -0.2) is 19.2 Å². The van der Waals surface area contributed by atoms with Gasteiger partial charge in [0.25, 0.3) is 0 Å². The van der Waals surface area contributed by atoms with Crippen molar-refractivity contribution in [2.75, 3.05) is 13.1 Å². The Balaban J connectivity index is 1.72. The molecule has 1 aliphatic heterocycles. The third-order valence-electron chi connectivity index (χ3n) is 5.49. The van der Waals surface area contributed by atoms with E-state index in [4.69, 9.17) is 5.11 Å². The van der Waals surface area contributed by atoms with Gasteiger partial charge in [0.2, 0.25) is 0 Å². The van der Waals surface area contributed by atoms with Gasteiger partial charge in [-0.2, -0.15) is 0 Å². The molecule has 1 aliphatic rings. The number of phenolic OH excluding ortho intramolecular Hbond substituents is 1. The first kappa shape index (κ1) is 20.0. The van der Waals surface area contributed by atoms with E-state index in [0.29, 0.717) is 18.6 Å². The first-order valence-corrected chi connectivity index (χ1v) is 9.88. The molecule has 0 saturated carbocycles. The highest BCUT2D eigenvalue weighted by Gasteiger charge is 2.26. The Morgan fingerprint density at radius 3 is 2.80 bits per heavy atom. The summed E-state index contributed by atoms with van der Waals surface area (Å²) in [7, 11) is 0. The molecule has 1 aromatic heterocycles. The predicted molar refractivity (Wildman–Crippen MR) is 111 cm³/mol. The largest absolute Gasteiger partial charge is 0.507 e. The molecule has 4 rings (SSSR count). The Morgan fingerprint density at radius 2 is 2.10 bits per heavy atom. The van der Waals surface area contributed by atoms with E-state index in [2.05, 4.69) is 20.6 Å². The van der Waals surface area contributed by atoms with Crippen LogP contribution in [0, 0.1) is 18.7 Å². The van der Waals surface area contributed by atoms with Gasteiger partial charge in [-0.1, -0.05) is 18.2 Å². The SMILES string of the molecule is Cc1ccc2c(C3CCC(CNC(=O)O)CN3)nc(-c3c(O)cccc3F)nc2c1. The number of phenols is 1. The summed E-state index contributed by atoms with van der Waals surface area (Å²) < 4.78 is 14.5. The molecule has 0 aliphatic carbocycles. The van der Waals surface area contributed by atoms with Crippen LogP contribution < -0.4 is 10.6 Å². The summed E-state index contributed by atoms with van der Waals surface area (Å²) in [5.74, 6) is -0.438. The Kier molecular flexibility index (Phi) is 5.50. The zero-order valence-electron chi connectivity index (χ0n) is 16.5. The molecule has 0 bridgehead atoms. The van der Waals surface area contributed by atoms with Gasteiger partial charge in [0, 0.05) is 18.5 Å². The van der Waals surface area contributed by atoms with E-state index in [9.17, 15) is 14.3 Å². The first-order chi connectivity index (χ1) is 14.4. The van der Waals surface area contributed by atoms with E-state index in [1.54, 1.807) is 0 Å². The van der Waals surface area contributed by atoms with Gasteiger partial charge < -0.3 is 20.8 Å². The molecule has 4 N–H and O–H groups in total. The second kappa shape index (κ2) is 8.23. The minimum absolute atomic E-state index is 0.0125. The molecule has 1 fully saturated rings. The van der Waals surface area contributed by atoms with E-state index in [1.807, 2.05) is 25.1 Å². The highest BCUT2D eigenvalue weighted by atomic mass is 19.1. The highest BCUT2D eigenvalue weighted by Crippen LogP contribution is 2.34. The number of piperidine rings is 1. The van der Waals surface area contributed by atoms with Crippen LogP contribution in [0.3, 0.4) is 0 Å². The number of benzene rings is 2. The topological polar surface area (TPSA) is 107 Å². The van der Waals surface area contributed by atoms with E-state index in [-0.39, 0.29) is 29.1 Å². The molecule has 0 radical (unpaired) electrons. The molecular weight excluding hydrogens is 387 g/mol. The number of carboxylic acid groups (broad SMARTS) is 1. The molecule has 3 aromatic rings. The van der Waals surface area contributed by atoms with Gasteiger partial charge in [0.1, 0.15) is 11.6 Å². The molecule has 0 spiro atoms. The van der Waals surface area contributed by atoms with E-state index in [1.165, 1.54) is 18.2 Å². The summed E-state index contributed by atoms with van der Waals surface area (Å²) in [5, 5.41) is 25.8. The molecule has 2 aromatic carbocycles. The lowest BCUT2D eigenvalue weighted by Gasteiger charge is -2.30. The number of aromatic nitrogens is 2. The smallest absolute Gasteiger partial charge is 0.404 e.